The molecular weight excluding hydrogens is 300 g/mol. The highest BCUT2D eigenvalue weighted by Gasteiger charge is 2.10. The maximum absolute atomic E-state index is 12.0. The number of nitrogens with zero attached hydrogens (tertiary/aromatic N) is 1. The van der Waals surface area contributed by atoms with E-state index in [4.69, 9.17) is 9.47 Å². The van der Waals surface area contributed by atoms with Gasteiger partial charge >= 0.3 is 0 Å². The summed E-state index contributed by atoms with van der Waals surface area (Å²) in [6.07, 6.45) is 0. The summed E-state index contributed by atoms with van der Waals surface area (Å²) in [5, 5.41) is 2.95. The lowest BCUT2D eigenvalue weighted by Gasteiger charge is -2.26. The molecule has 1 aromatic rings. The largest absolute Gasteiger partial charge is 0.497 e. The zero-order valence-electron chi connectivity index (χ0n) is 13.3. The molecule has 1 N–H and O–H groups in total. The third kappa shape index (κ3) is 5.51. The quantitative estimate of drug-likeness (QED) is 0.778. The minimum atomic E-state index is 0.0419. The molecule has 1 amide bonds. The minimum absolute atomic E-state index is 0.0419. The van der Waals surface area contributed by atoms with Gasteiger partial charge in [0.15, 0.2) is 0 Å². The normalized spacial score (nSPS) is 15.5. The molecule has 1 aromatic carbocycles. The van der Waals surface area contributed by atoms with Crippen molar-refractivity contribution in [3.63, 3.8) is 0 Å². The molecule has 1 aliphatic heterocycles. The van der Waals surface area contributed by atoms with Gasteiger partial charge in [0.1, 0.15) is 5.75 Å². The average Bonchev–Trinajstić information content (AvgIpc) is 2.54. The fourth-order valence-corrected chi connectivity index (χ4v) is 3.06. The van der Waals surface area contributed by atoms with Gasteiger partial charge in [-0.2, -0.15) is 11.8 Å². The highest BCUT2D eigenvalue weighted by molar-refractivity contribution is 7.99. The summed E-state index contributed by atoms with van der Waals surface area (Å²) in [5.41, 5.74) is 1.85. The van der Waals surface area contributed by atoms with E-state index in [9.17, 15) is 4.79 Å². The third-order valence-electron chi connectivity index (χ3n) is 3.60. The van der Waals surface area contributed by atoms with E-state index in [2.05, 4.69) is 10.2 Å². The SMILES string of the molecule is COc1ccc(NC(=O)CSCCN2CCOCC2)c(C)c1. The molecule has 0 atom stereocenters. The fourth-order valence-electron chi connectivity index (χ4n) is 2.27. The maximum Gasteiger partial charge on any atom is 0.234 e. The lowest BCUT2D eigenvalue weighted by atomic mass is 10.2. The van der Waals surface area contributed by atoms with Gasteiger partial charge in [0, 0.05) is 31.1 Å². The van der Waals surface area contributed by atoms with Gasteiger partial charge in [-0.25, -0.2) is 0 Å². The molecule has 22 heavy (non-hydrogen) atoms. The second-order valence-electron chi connectivity index (χ2n) is 5.24. The molecule has 0 aliphatic carbocycles. The van der Waals surface area contributed by atoms with E-state index in [1.165, 1.54) is 0 Å². The van der Waals surface area contributed by atoms with Crippen molar-refractivity contribution in [2.45, 2.75) is 6.92 Å². The number of methoxy groups -OCH3 is 1. The Balaban J connectivity index is 1.67. The standard InChI is InChI=1S/C16H24N2O3S/c1-13-11-14(20-2)3-4-15(13)17-16(19)12-22-10-7-18-5-8-21-9-6-18/h3-4,11H,5-10,12H2,1-2H3,(H,17,19). The summed E-state index contributed by atoms with van der Waals surface area (Å²) in [4.78, 5) is 14.4. The Morgan fingerprint density at radius 2 is 2.18 bits per heavy atom. The Morgan fingerprint density at radius 3 is 2.86 bits per heavy atom. The number of anilines is 1. The smallest absolute Gasteiger partial charge is 0.234 e. The molecule has 0 spiro atoms. The number of morpholine rings is 1. The van der Waals surface area contributed by atoms with Crippen LogP contribution in [0.1, 0.15) is 5.56 Å². The van der Waals surface area contributed by atoms with Crippen molar-refractivity contribution < 1.29 is 14.3 Å². The topological polar surface area (TPSA) is 50.8 Å². The van der Waals surface area contributed by atoms with Gasteiger partial charge in [0.05, 0.1) is 26.1 Å². The van der Waals surface area contributed by atoms with Crippen LogP contribution in [0.25, 0.3) is 0 Å². The van der Waals surface area contributed by atoms with Crippen molar-refractivity contribution in [2.24, 2.45) is 0 Å². The first-order valence-corrected chi connectivity index (χ1v) is 8.67. The van der Waals surface area contributed by atoms with Crippen LogP contribution in [0.3, 0.4) is 0 Å². The number of amides is 1. The van der Waals surface area contributed by atoms with Gasteiger partial charge in [-0.15, -0.1) is 0 Å². The van der Waals surface area contributed by atoms with Crippen molar-refractivity contribution in [3.05, 3.63) is 23.8 Å². The summed E-state index contributed by atoms with van der Waals surface area (Å²) in [5.74, 6) is 2.29. The molecule has 1 heterocycles. The number of aryl methyl sites for hydroxylation is 1. The van der Waals surface area contributed by atoms with Crippen LogP contribution in [0.4, 0.5) is 5.69 Å². The Kier molecular flexibility index (Phi) is 7.02. The Morgan fingerprint density at radius 1 is 1.41 bits per heavy atom. The lowest BCUT2D eigenvalue weighted by molar-refractivity contribution is -0.113. The number of rotatable bonds is 7. The molecule has 2 rings (SSSR count). The molecule has 122 valence electrons. The van der Waals surface area contributed by atoms with Gasteiger partial charge < -0.3 is 14.8 Å². The van der Waals surface area contributed by atoms with Gasteiger partial charge in [0.2, 0.25) is 5.91 Å². The van der Waals surface area contributed by atoms with Crippen molar-refractivity contribution >= 4 is 23.4 Å². The van der Waals surface area contributed by atoms with Crippen molar-refractivity contribution in [3.8, 4) is 5.75 Å². The molecule has 1 fully saturated rings. The van der Waals surface area contributed by atoms with Crippen LogP contribution in [0.15, 0.2) is 18.2 Å². The van der Waals surface area contributed by atoms with E-state index in [0.717, 1.165) is 55.6 Å². The zero-order valence-corrected chi connectivity index (χ0v) is 14.1. The highest BCUT2D eigenvalue weighted by atomic mass is 32.2. The van der Waals surface area contributed by atoms with Crippen LogP contribution < -0.4 is 10.1 Å². The Labute approximate surface area is 136 Å². The molecule has 0 saturated carbocycles. The van der Waals surface area contributed by atoms with E-state index in [0.29, 0.717) is 5.75 Å². The van der Waals surface area contributed by atoms with E-state index >= 15 is 0 Å². The molecule has 6 heteroatoms. The first-order valence-electron chi connectivity index (χ1n) is 7.51. The number of hydrogen-bond donors (Lipinski definition) is 1. The molecule has 1 aliphatic rings. The third-order valence-corrected chi connectivity index (χ3v) is 4.53. The number of carbonyl (C=O) groups excluding carboxylic acids is 1. The van der Waals surface area contributed by atoms with Gasteiger partial charge in [-0.1, -0.05) is 0 Å². The fraction of sp³-hybridized carbons (Fsp3) is 0.562. The number of ether oxygens (including phenoxy) is 2. The number of carbonyl (C=O) groups is 1. The second kappa shape index (κ2) is 9.02. The number of hydrogen-bond acceptors (Lipinski definition) is 5. The lowest BCUT2D eigenvalue weighted by Crippen LogP contribution is -2.37. The Hall–Kier alpha value is -1.24. The van der Waals surface area contributed by atoms with Crippen LogP contribution in [-0.4, -0.2) is 62.3 Å². The second-order valence-corrected chi connectivity index (χ2v) is 6.34. The first kappa shape index (κ1) is 17.1. The summed E-state index contributed by atoms with van der Waals surface area (Å²) in [6, 6.07) is 5.65. The first-order chi connectivity index (χ1) is 10.7. The molecule has 0 radical (unpaired) electrons. The van der Waals surface area contributed by atoms with Crippen molar-refractivity contribution in [1.82, 2.24) is 4.90 Å². The number of thioether (sulfide) groups is 1. The summed E-state index contributed by atoms with van der Waals surface area (Å²) in [7, 11) is 1.64. The van der Waals surface area contributed by atoms with Gasteiger partial charge in [0.25, 0.3) is 0 Å². The van der Waals surface area contributed by atoms with Crippen molar-refractivity contribution in [1.29, 1.82) is 0 Å². The molecule has 0 bridgehead atoms. The molecule has 0 aromatic heterocycles. The Bertz CT molecular complexity index is 490. The number of nitrogens with one attached hydrogen (secondary N) is 1. The minimum Gasteiger partial charge on any atom is -0.497 e. The zero-order chi connectivity index (χ0) is 15.8. The molecule has 5 nitrogen and oxygen atoms in total. The van der Waals surface area contributed by atoms with Crippen LogP contribution in [0, 0.1) is 6.92 Å². The van der Waals surface area contributed by atoms with Gasteiger partial charge in [-0.3, -0.25) is 9.69 Å². The average molecular weight is 324 g/mol. The van der Waals surface area contributed by atoms with Crippen LogP contribution in [0.2, 0.25) is 0 Å². The van der Waals surface area contributed by atoms with Gasteiger partial charge in [-0.05, 0) is 30.7 Å². The van der Waals surface area contributed by atoms with E-state index < -0.39 is 0 Å². The summed E-state index contributed by atoms with van der Waals surface area (Å²) < 4.78 is 10.5. The van der Waals surface area contributed by atoms with E-state index in [1.54, 1.807) is 18.9 Å². The van der Waals surface area contributed by atoms with Crippen LogP contribution >= 0.6 is 11.8 Å². The highest BCUT2D eigenvalue weighted by Crippen LogP contribution is 2.21. The maximum atomic E-state index is 12.0. The molecule has 0 unspecified atom stereocenters. The molecule has 1 saturated heterocycles. The predicted octanol–water partition coefficient (Wildman–Crippen LogP) is 2.01. The van der Waals surface area contributed by atoms with Crippen molar-refractivity contribution in [2.75, 3.05) is 56.8 Å². The predicted molar refractivity (Wildman–Crippen MR) is 90.9 cm³/mol. The van der Waals surface area contributed by atoms with E-state index in [1.807, 2.05) is 25.1 Å². The van der Waals surface area contributed by atoms with Crippen LogP contribution in [-0.2, 0) is 9.53 Å². The summed E-state index contributed by atoms with van der Waals surface area (Å²) in [6.45, 7) is 6.62. The van der Waals surface area contributed by atoms with Crippen LogP contribution in [0.5, 0.6) is 5.75 Å². The van der Waals surface area contributed by atoms with E-state index in [-0.39, 0.29) is 5.91 Å². The summed E-state index contributed by atoms with van der Waals surface area (Å²) >= 11 is 1.67. The molecular formula is C16H24N2O3S. The monoisotopic (exact) mass is 324 g/mol. The number of benzene rings is 1.